The first kappa shape index (κ1) is 15.8. The smallest absolute Gasteiger partial charge is 0.228 e. The number of nitrogens with zero attached hydrogens (tertiary/aromatic N) is 2. The summed E-state index contributed by atoms with van der Waals surface area (Å²) < 4.78 is 11.3. The van der Waals surface area contributed by atoms with Gasteiger partial charge in [-0.05, 0) is 25.9 Å². The predicted molar refractivity (Wildman–Crippen MR) is 80.9 cm³/mol. The maximum Gasteiger partial charge on any atom is 0.228 e. The van der Waals surface area contributed by atoms with Crippen LogP contribution in [0.3, 0.4) is 0 Å². The third kappa shape index (κ3) is 5.81. The minimum atomic E-state index is 0.221. The molecule has 0 aromatic carbocycles. The molecule has 114 valence electrons. The largest absolute Gasteiger partial charge is 0.378 e. The van der Waals surface area contributed by atoms with E-state index < -0.39 is 0 Å². The molecule has 2 rings (SSSR count). The third-order valence-corrected chi connectivity index (χ3v) is 4.37. The average Bonchev–Trinajstić information content (AvgIpc) is 2.85. The zero-order valence-corrected chi connectivity index (χ0v) is 13.5. The number of hydrogen-bond donors (Lipinski definition) is 1. The summed E-state index contributed by atoms with van der Waals surface area (Å²) in [6.45, 7) is 9.33. The summed E-state index contributed by atoms with van der Waals surface area (Å²) in [7, 11) is 0. The van der Waals surface area contributed by atoms with E-state index in [-0.39, 0.29) is 4.75 Å². The minimum Gasteiger partial charge on any atom is -0.378 e. The summed E-state index contributed by atoms with van der Waals surface area (Å²) in [5.41, 5.74) is 0. The Bertz CT molecular complexity index is 397. The molecule has 1 fully saturated rings. The van der Waals surface area contributed by atoms with Crippen molar-refractivity contribution in [3.05, 3.63) is 11.7 Å². The fourth-order valence-electron chi connectivity index (χ4n) is 2.01. The van der Waals surface area contributed by atoms with Gasteiger partial charge in [0.1, 0.15) is 0 Å². The summed E-state index contributed by atoms with van der Waals surface area (Å²) in [5.74, 6) is 2.26. The van der Waals surface area contributed by atoms with E-state index in [1.54, 1.807) is 0 Å². The molecule has 0 aliphatic carbocycles. The van der Waals surface area contributed by atoms with Gasteiger partial charge in [-0.3, -0.25) is 0 Å². The second-order valence-corrected chi connectivity index (χ2v) is 7.88. The zero-order valence-electron chi connectivity index (χ0n) is 12.6. The van der Waals surface area contributed by atoms with E-state index >= 15 is 0 Å². The summed E-state index contributed by atoms with van der Waals surface area (Å²) in [6.07, 6.45) is 3.28. The molecule has 1 saturated heterocycles. The first-order valence-corrected chi connectivity index (χ1v) is 8.29. The van der Waals surface area contributed by atoms with Crippen LogP contribution in [0.4, 0.5) is 0 Å². The Labute approximate surface area is 125 Å². The molecule has 1 aromatic rings. The highest BCUT2D eigenvalue weighted by Crippen LogP contribution is 2.26. The molecule has 1 aliphatic rings. The van der Waals surface area contributed by atoms with E-state index in [2.05, 4.69) is 36.2 Å². The van der Waals surface area contributed by atoms with Gasteiger partial charge in [0.25, 0.3) is 0 Å². The van der Waals surface area contributed by atoms with E-state index in [1.807, 2.05) is 11.8 Å². The molecule has 0 bridgehead atoms. The number of nitrogens with one attached hydrogen (secondary N) is 1. The molecule has 0 radical (unpaired) electrons. The first-order valence-electron chi connectivity index (χ1n) is 7.31. The van der Waals surface area contributed by atoms with Gasteiger partial charge in [0.2, 0.25) is 5.89 Å². The monoisotopic (exact) mass is 299 g/mol. The van der Waals surface area contributed by atoms with Gasteiger partial charge in [-0.2, -0.15) is 4.98 Å². The fourth-order valence-corrected chi connectivity index (χ4v) is 2.69. The molecule has 1 aromatic heterocycles. The summed E-state index contributed by atoms with van der Waals surface area (Å²) in [6, 6.07) is 0. The molecule has 2 heterocycles. The SMILES string of the molecule is CC(C)(C)SCc1noc(CCOC2CCNCC2)n1. The van der Waals surface area contributed by atoms with Crippen LogP contribution in [0.2, 0.25) is 0 Å². The quantitative estimate of drug-likeness (QED) is 0.870. The standard InChI is InChI=1S/C14H25N3O2S/c1-14(2,3)20-10-12-16-13(19-17-12)6-9-18-11-4-7-15-8-5-11/h11,15H,4-10H2,1-3H3. The Hall–Kier alpha value is -0.590. The number of aromatic nitrogens is 2. The van der Waals surface area contributed by atoms with Gasteiger partial charge in [-0.15, -0.1) is 11.8 Å². The fraction of sp³-hybridized carbons (Fsp3) is 0.857. The van der Waals surface area contributed by atoms with Gasteiger partial charge in [-0.1, -0.05) is 25.9 Å². The molecule has 0 unspecified atom stereocenters. The molecular weight excluding hydrogens is 274 g/mol. The van der Waals surface area contributed by atoms with Crippen molar-refractivity contribution in [2.24, 2.45) is 0 Å². The highest BCUT2D eigenvalue weighted by atomic mass is 32.2. The maximum atomic E-state index is 5.84. The van der Waals surface area contributed by atoms with Crippen molar-refractivity contribution in [3.8, 4) is 0 Å². The number of rotatable bonds is 6. The summed E-state index contributed by atoms with van der Waals surface area (Å²) in [4.78, 5) is 4.41. The maximum absolute atomic E-state index is 5.84. The molecule has 5 nitrogen and oxygen atoms in total. The Morgan fingerprint density at radius 1 is 1.35 bits per heavy atom. The predicted octanol–water partition coefficient (Wildman–Crippen LogP) is 2.41. The second-order valence-electron chi connectivity index (χ2n) is 6.08. The molecule has 20 heavy (non-hydrogen) atoms. The van der Waals surface area contributed by atoms with E-state index in [0.717, 1.165) is 37.5 Å². The number of thioether (sulfide) groups is 1. The third-order valence-electron chi connectivity index (χ3n) is 3.10. The van der Waals surface area contributed by atoms with E-state index in [0.29, 0.717) is 25.0 Å². The topological polar surface area (TPSA) is 60.2 Å². The van der Waals surface area contributed by atoms with Crippen molar-refractivity contribution in [2.75, 3.05) is 19.7 Å². The number of ether oxygens (including phenoxy) is 1. The van der Waals surface area contributed by atoms with Gasteiger partial charge in [0.05, 0.1) is 24.9 Å². The second kappa shape index (κ2) is 7.43. The van der Waals surface area contributed by atoms with Gasteiger partial charge in [-0.25, -0.2) is 0 Å². The molecule has 0 spiro atoms. The van der Waals surface area contributed by atoms with E-state index in [1.165, 1.54) is 0 Å². The molecule has 0 saturated carbocycles. The van der Waals surface area contributed by atoms with Crippen molar-refractivity contribution in [1.82, 2.24) is 15.5 Å². The van der Waals surface area contributed by atoms with Crippen molar-refractivity contribution in [1.29, 1.82) is 0 Å². The van der Waals surface area contributed by atoms with Crippen LogP contribution in [-0.2, 0) is 16.9 Å². The summed E-state index contributed by atoms with van der Waals surface area (Å²) in [5, 5.41) is 7.34. The minimum absolute atomic E-state index is 0.221. The lowest BCUT2D eigenvalue weighted by atomic mass is 10.1. The first-order chi connectivity index (χ1) is 9.53. The van der Waals surface area contributed by atoms with Crippen LogP contribution < -0.4 is 5.32 Å². The van der Waals surface area contributed by atoms with Crippen molar-refractivity contribution >= 4 is 11.8 Å². The van der Waals surface area contributed by atoms with Crippen LogP contribution in [0.15, 0.2) is 4.52 Å². The van der Waals surface area contributed by atoms with Crippen LogP contribution in [0.25, 0.3) is 0 Å². The Morgan fingerprint density at radius 3 is 2.80 bits per heavy atom. The van der Waals surface area contributed by atoms with Gasteiger partial charge >= 0.3 is 0 Å². The Balaban J connectivity index is 1.67. The van der Waals surface area contributed by atoms with E-state index in [9.17, 15) is 0 Å². The lowest BCUT2D eigenvalue weighted by Gasteiger charge is -2.22. The Morgan fingerprint density at radius 2 is 2.10 bits per heavy atom. The Kier molecular flexibility index (Phi) is 5.86. The molecule has 1 aliphatic heterocycles. The van der Waals surface area contributed by atoms with Crippen LogP contribution in [-0.4, -0.2) is 40.7 Å². The van der Waals surface area contributed by atoms with Crippen LogP contribution in [0, 0.1) is 0 Å². The zero-order chi connectivity index (χ0) is 14.4. The van der Waals surface area contributed by atoms with Crippen LogP contribution in [0.1, 0.15) is 45.3 Å². The summed E-state index contributed by atoms with van der Waals surface area (Å²) >= 11 is 1.82. The van der Waals surface area contributed by atoms with Crippen molar-refractivity contribution in [3.63, 3.8) is 0 Å². The van der Waals surface area contributed by atoms with Crippen LogP contribution >= 0.6 is 11.8 Å². The lowest BCUT2D eigenvalue weighted by molar-refractivity contribution is 0.0322. The average molecular weight is 299 g/mol. The van der Waals surface area contributed by atoms with Gasteiger partial charge < -0.3 is 14.6 Å². The number of piperidine rings is 1. The highest BCUT2D eigenvalue weighted by Gasteiger charge is 2.15. The van der Waals surface area contributed by atoms with Crippen molar-refractivity contribution in [2.45, 2.75) is 56.6 Å². The molecule has 0 amide bonds. The van der Waals surface area contributed by atoms with Crippen molar-refractivity contribution < 1.29 is 9.26 Å². The normalized spacial score (nSPS) is 17.6. The number of hydrogen-bond acceptors (Lipinski definition) is 6. The van der Waals surface area contributed by atoms with Gasteiger partial charge in [0.15, 0.2) is 5.82 Å². The lowest BCUT2D eigenvalue weighted by Crippen LogP contribution is -2.32. The van der Waals surface area contributed by atoms with Gasteiger partial charge in [0, 0.05) is 4.75 Å². The molecular formula is C14H25N3O2S. The molecule has 1 N–H and O–H groups in total. The molecule has 6 heteroatoms. The molecule has 0 atom stereocenters. The highest BCUT2D eigenvalue weighted by molar-refractivity contribution is 7.99. The van der Waals surface area contributed by atoms with E-state index in [4.69, 9.17) is 9.26 Å². The van der Waals surface area contributed by atoms with Crippen LogP contribution in [0.5, 0.6) is 0 Å².